The van der Waals surface area contributed by atoms with Gasteiger partial charge in [0, 0.05) is 30.1 Å². The van der Waals surface area contributed by atoms with E-state index < -0.39 is 10.0 Å². The first-order chi connectivity index (χ1) is 10.6. The maximum Gasteiger partial charge on any atom is 0.232 e. The molecule has 0 aromatic heterocycles. The number of hydrogen-bond acceptors (Lipinski definition) is 4. The molecule has 1 rings (SSSR count). The van der Waals surface area contributed by atoms with Crippen molar-refractivity contribution in [2.24, 2.45) is 0 Å². The Kier molecular flexibility index (Phi) is 6.70. The van der Waals surface area contributed by atoms with Gasteiger partial charge < -0.3 is 10.1 Å². The second-order valence-corrected chi connectivity index (χ2v) is 7.89. The van der Waals surface area contributed by atoms with Crippen LogP contribution in [0.15, 0.2) is 12.1 Å². The quantitative estimate of drug-likeness (QED) is 0.807. The summed E-state index contributed by atoms with van der Waals surface area (Å²) in [6.45, 7) is 5.49. The van der Waals surface area contributed by atoms with Gasteiger partial charge in [-0.1, -0.05) is 11.6 Å². The van der Waals surface area contributed by atoms with Crippen LogP contribution in [0.1, 0.15) is 25.8 Å². The van der Waals surface area contributed by atoms with Crippen LogP contribution in [0.4, 0.5) is 5.69 Å². The van der Waals surface area contributed by atoms with E-state index in [1.54, 1.807) is 19.1 Å². The topological polar surface area (TPSA) is 75.7 Å². The number of methoxy groups -OCH3 is 1. The zero-order valence-electron chi connectivity index (χ0n) is 14.0. The fraction of sp³-hybridized carbons (Fsp3) is 0.533. The number of amides is 1. The van der Waals surface area contributed by atoms with Gasteiger partial charge in [-0.15, -0.1) is 0 Å². The summed E-state index contributed by atoms with van der Waals surface area (Å²) < 4.78 is 30.7. The first-order valence-electron chi connectivity index (χ1n) is 7.17. The maximum absolute atomic E-state index is 12.1. The third kappa shape index (κ3) is 5.58. The molecule has 0 unspecified atom stereocenters. The lowest BCUT2D eigenvalue weighted by molar-refractivity contribution is -0.121. The Balaban J connectivity index is 3.14. The molecular formula is C15H23ClN2O4S. The largest absolute Gasteiger partial charge is 0.494 e. The smallest absolute Gasteiger partial charge is 0.232 e. The van der Waals surface area contributed by atoms with E-state index in [1.165, 1.54) is 7.11 Å². The van der Waals surface area contributed by atoms with Gasteiger partial charge in [0.2, 0.25) is 15.9 Å². The highest BCUT2D eigenvalue weighted by atomic mass is 35.5. The van der Waals surface area contributed by atoms with Crippen LogP contribution >= 0.6 is 11.6 Å². The summed E-state index contributed by atoms with van der Waals surface area (Å²) in [6, 6.07) is 3.21. The third-order valence-electron chi connectivity index (χ3n) is 3.12. The number of rotatable bonds is 7. The van der Waals surface area contributed by atoms with Gasteiger partial charge in [-0.2, -0.15) is 0 Å². The first kappa shape index (κ1) is 19.6. The molecule has 6 nitrogen and oxygen atoms in total. The molecule has 0 spiro atoms. The number of sulfonamides is 1. The summed E-state index contributed by atoms with van der Waals surface area (Å²) in [5.74, 6) is 0.133. The van der Waals surface area contributed by atoms with Crippen molar-refractivity contribution >= 4 is 33.2 Å². The van der Waals surface area contributed by atoms with Crippen LogP contribution in [-0.2, 0) is 14.8 Å². The molecule has 1 amide bonds. The number of benzene rings is 1. The number of hydrogen-bond donors (Lipinski definition) is 1. The molecule has 0 heterocycles. The van der Waals surface area contributed by atoms with E-state index in [1.807, 2.05) is 13.8 Å². The molecule has 0 saturated carbocycles. The predicted octanol–water partition coefficient (Wildman–Crippen LogP) is 2.34. The minimum atomic E-state index is -3.57. The molecule has 23 heavy (non-hydrogen) atoms. The minimum Gasteiger partial charge on any atom is -0.494 e. The maximum atomic E-state index is 12.1. The van der Waals surface area contributed by atoms with Gasteiger partial charge in [-0.3, -0.25) is 9.10 Å². The molecular weight excluding hydrogens is 340 g/mol. The molecule has 0 radical (unpaired) electrons. The summed E-state index contributed by atoms with van der Waals surface area (Å²) in [6.07, 6.45) is 1.15. The van der Waals surface area contributed by atoms with E-state index >= 15 is 0 Å². The highest BCUT2D eigenvalue weighted by molar-refractivity contribution is 7.92. The summed E-state index contributed by atoms with van der Waals surface area (Å²) in [5, 5.41) is 3.22. The van der Waals surface area contributed by atoms with Gasteiger partial charge in [-0.05, 0) is 32.4 Å². The Morgan fingerprint density at radius 2 is 2.00 bits per heavy atom. The van der Waals surface area contributed by atoms with Crippen LogP contribution in [0.2, 0.25) is 5.02 Å². The Bertz CT molecular complexity index is 674. The lowest BCUT2D eigenvalue weighted by Crippen LogP contribution is -2.36. The van der Waals surface area contributed by atoms with Gasteiger partial charge in [-0.25, -0.2) is 8.42 Å². The number of nitrogens with zero attached hydrogens (tertiary/aromatic N) is 1. The average Bonchev–Trinajstić information content (AvgIpc) is 2.40. The molecule has 0 bridgehead atoms. The number of halogens is 1. The molecule has 1 N–H and O–H groups in total. The molecule has 1 aromatic rings. The number of nitrogens with one attached hydrogen (secondary N) is 1. The van der Waals surface area contributed by atoms with E-state index in [4.69, 9.17) is 16.3 Å². The monoisotopic (exact) mass is 362 g/mol. The second-order valence-electron chi connectivity index (χ2n) is 5.58. The Labute approximate surface area is 142 Å². The number of ether oxygens (including phenoxy) is 1. The van der Waals surface area contributed by atoms with Crippen molar-refractivity contribution in [1.29, 1.82) is 0 Å². The lowest BCUT2D eigenvalue weighted by atomic mass is 10.2. The summed E-state index contributed by atoms with van der Waals surface area (Å²) in [5.41, 5.74) is 1.09. The molecule has 0 fully saturated rings. The lowest BCUT2D eigenvalue weighted by Gasteiger charge is -2.25. The molecule has 0 aliphatic heterocycles. The standard InChI is InChI=1S/C15H23ClN2O4S/c1-10(2)17-15(19)6-7-18(23(5,20)21)13-8-11(3)12(16)9-14(13)22-4/h8-10H,6-7H2,1-5H3,(H,17,19). The van der Waals surface area contributed by atoms with Crippen LogP contribution in [0.25, 0.3) is 0 Å². The second kappa shape index (κ2) is 7.88. The van der Waals surface area contributed by atoms with Crippen LogP contribution < -0.4 is 14.4 Å². The van der Waals surface area contributed by atoms with Crippen molar-refractivity contribution in [1.82, 2.24) is 5.32 Å². The summed E-state index contributed by atoms with van der Waals surface area (Å²) in [4.78, 5) is 11.8. The summed E-state index contributed by atoms with van der Waals surface area (Å²) in [7, 11) is -2.13. The number of anilines is 1. The van der Waals surface area contributed by atoms with Crippen molar-refractivity contribution in [3.8, 4) is 5.75 Å². The summed E-state index contributed by atoms with van der Waals surface area (Å²) >= 11 is 6.06. The molecule has 0 saturated heterocycles. The van der Waals surface area contributed by atoms with Crippen molar-refractivity contribution in [3.05, 3.63) is 22.7 Å². The molecule has 1 aromatic carbocycles. The van der Waals surface area contributed by atoms with Gasteiger partial charge in [0.15, 0.2) is 0 Å². The van der Waals surface area contributed by atoms with Crippen LogP contribution in [-0.4, -0.2) is 40.3 Å². The first-order valence-corrected chi connectivity index (χ1v) is 9.40. The van der Waals surface area contributed by atoms with Gasteiger partial charge >= 0.3 is 0 Å². The van der Waals surface area contributed by atoms with E-state index in [9.17, 15) is 13.2 Å². The predicted molar refractivity (Wildman–Crippen MR) is 92.8 cm³/mol. The fourth-order valence-corrected chi connectivity index (χ4v) is 3.15. The Morgan fingerprint density at radius 1 is 1.39 bits per heavy atom. The van der Waals surface area contributed by atoms with Crippen molar-refractivity contribution in [2.75, 3.05) is 24.2 Å². The zero-order valence-corrected chi connectivity index (χ0v) is 15.6. The molecule has 0 aliphatic carbocycles. The number of carbonyl (C=O) groups excluding carboxylic acids is 1. The molecule has 0 aliphatic rings. The van der Waals surface area contributed by atoms with Crippen LogP contribution in [0.3, 0.4) is 0 Å². The number of carbonyl (C=O) groups is 1. The van der Waals surface area contributed by atoms with E-state index in [0.29, 0.717) is 16.5 Å². The third-order valence-corrected chi connectivity index (χ3v) is 4.71. The van der Waals surface area contributed by atoms with Crippen molar-refractivity contribution in [3.63, 3.8) is 0 Å². The molecule has 8 heteroatoms. The van der Waals surface area contributed by atoms with Crippen LogP contribution in [0, 0.1) is 6.92 Å². The number of aryl methyl sites for hydroxylation is 1. The van der Waals surface area contributed by atoms with Gasteiger partial charge in [0.1, 0.15) is 5.75 Å². The Morgan fingerprint density at radius 3 is 2.48 bits per heavy atom. The highest BCUT2D eigenvalue weighted by Gasteiger charge is 2.23. The SMILES string of the molecule is COc1cc(Cl)c(C)cc1N(CCC(=O)NC(C)C)S(C)(=O)=O. The normalized spacial score (nSPS) is 11.4. The van der Waals surface area contributed by atoms with E-state index in [0.717, 1.165) is 16.1 Å². The molecule has 130 valence electrons. The highest BCUT2D eigenvalue weighted by Crippen LogP contribution is 2.35. The van der Waals surface area contributed by atoms with Crippen molar-refractivity contribution < 1.29 is 17.9 Å². The zero-order chi connectivity index (χ0) is 17.8. The van der Waals surface area contributed by atoms with Gasteiger partial charge in [0.05, 0.1) is 19.1 Å². The van der Waals surface area contributed by atoms with Crippen LogP contribution in [0.5, 0.6) is 5.75 Å². The fourth-order valence-electron chi connectivity index (χ4n) is 2.07. The van der Waals surface area contributed by atoms with E-state index in [2.05, 4.69) is 5.32 Å². The average molecular weight is 363 g/mol. The van der Waals surface area contributed by atoms with E-state index in [-0.39, 0.29) is 24.9 Å². The Hall–Kier alpha value is -1.47. The minimum absolute atomic E-state index is 0.00139. The van der Waals surface area contributed by atoms with Gasteiger partial charge in [0.25, 0.3) is 0 Å². The molecule has 0 atom stereocenters. The van der Waals surface area contributed by atoms with Crippen molar-refractivity contribution in [2.45, 2.75) is 33.2 Å².